The molecule has 3 aromatic rings. The average Bonchev–Trinajstić information content (AvgIpc) is 3.01. The largest absolute Gasteiger partial charge is 0.464 e. The van der Waals surface area contributed by atoms with Crippen LogP contribution in [0.3, 0.4) is 0 Å². The fourth-order valence-corrected chi connectivity index (χ4v) is 2.77. The first kappa shape index (κ1) is 17.4. The molecular weight excluding hydrogens is 344 g/mol. The van der Waals surface area contributed by atoms with Crippen LogP contribution in [0.4, 0.5) is 0 Å². The Labute approximate surface area is 149 Å². The summed E-state index contributed by atoms with van der Waals surface area (Å²) in [5.74, 6) is -0.341. The van der Waals surface area contributed by atoms with E-state index in [0.717, 1.165) is 5.39 Å². The number of nitrogens with one attached hydrogen (secondary N) is 1. The maximum absolute atomic E-state index is 12.3. The van der Waals surface area contributed by atoms with Crippen LogP contribution in [0.25, 0.3) is 11.0 Å². The van der Waals surface area contributed by atoms with Crippen LogP contribution in [0.15, 0.2) is 53.3 Å². The number of aliphatic hydroxyl groups is 2. The third kappa shape index (κ3) is 3.99. The number of benzene rings is 1. The van der Waals surface area contributed by atoms with Crippen LogP contribution in [0, 0.1) is 0 Å². The van der Waals surface area contributed by atoms with Crippen molar-refractivity contribution in [2.75, 3.05) is 6.61 Å². The zero-order chi connectivity index (χ0) is 17.8. The van der Waals surface area contributed by atoms with Crippen molar-refractivity contribution in [2.45, 2.75) is 18.6 Å². The third-order valence-electron chi connectivity index (χ3n) is 3.88. The van der Waals surface area contributed by atoms with E-state index in [0.29, 0.717) is 21.9 Å². The highest BCUT2D eigenvalue weighted by molar-refractivity contribution is 6.31. The van der Waals surface area contributed by atoms with Crippen LogP contribution in [-0.4, -0.2) is 33.8 Å². The normalized spacial score (nSPS) is 13.6. The van der Waals surface area contributed by atoms with Gasteiger partial charge in [0.05, 0.1) is 31.0 Å². The van der Waals surface area contributed by atoms with Gasteiger partial charge in [-0.2, -0.15) is 0 Å². The molecule has 2 heterocycles. The first-order valence-corrected chi connectivity index (χ1v) is 8.11. The molecule has 2 aromatic heterocycles. The number of halogens is 1. The maximum Gasteiger partial charge on any atom is 0.224 e. The highest BCUT2D eigenvalue weighted by atomic mass is 35.5. The van der Waals surface area contributed by atoms with E-state index in [1.165, 1.54) is 12.5 Å². The van der Waals surface area contributed by atoms with Crippen LogP contribution in [-0.2, 0) is 11.2 Å². The van der Waals surface area contributed by atoms with Crippen molar-refractivity contribution >= 4 is 28.5 Å². The standard InChI is InChI=1S/C18H17ClN2O4/c19-12-4-5-13-11(10-25-16(13)8-12)7-17(23)21-15(9-22)18(24)14-3-1-2-6-20-14/h1-6,8,10,15,18,22,24H,7,9H2,(H,21,23). The number of carbonyl (C=O) groups is 1. The molecule has 0 fully saturated rings. The molecule has 6 nitrogen and oxygen atoms in total. The molecule has 0 aliphatic rings. The van der Waals surface area contributed by atoms with Gasteiger partial charge in [-0.1, -0.05) is 17.7 Å². The number of amides is 1. The summed E-state index contributed by atoms with van der Waals surface area (Å²) in [6.45, 7) is -0.411. The predicted octanol–water partition coefficient (Wildman–Crippen LogP) is 2.23. The SMILES string of the molecule is O=C(Cc1coc2cc(Cl)ccc12)NC(CO)C(O)c1ccccn1. The fraction of sp³-hybridized carbons (Fsp3) is 0.222. The lowest BCUT2D eigenvalue weighted by Crippen LogP contribution is -2.42. The van der Waals surface area contributed by atoms with E-state index in [4.69, 9.17) is 16.0 Å². The number of carbonyl (C=O) groups excluding carboxylic acids is 1. The number of rotatable bonds is 6. The number of furan rings is 1. The fourth-order valence-electron chi connectivity index (χ4n) is 2.61. The minimum Gasteiger partial charge on any atom is -0.464 e. The van der Waals surface area contributed by atoms with Crippen molar-refractivity contribution in [3.63, 3.8) is 0 Å². The summed E-state index contributed by atoms with van der Waals surface area (Å²) in [7, 11) is 0. The zero-order valence-corrected chi connectivity index (χ0v) is 14.0. The van der Waals surface area contributed by atoms with Crippen LogP contribution in [0.5, 0.6) is 0 Å². The summed E-state index contributed by atoms with van der Waals surface area (Å²) in [4.78, 5) is 16.3. The summed E-state index contributed by atoms with van der Waals surface area (Å²) >= 11 is 5.91. The molecule has 0 spiro atoms. The van der Waals surface area contributed by atoms with Gasteiger partial charge in [0.1, 0.15) is 11.7 Å². The van der Waals surface area contributed by atoms with E-state index in [-0.39, 0.29) is 12.3 Å². The van der Waals surface area contributed by atoms with Crippen LogP contribution >= 0.6 is 11.6 Å². The Balaban J connectivity index is 1.70. The Hall–Kier alpha value is -2.41. The van der Waals surface area contributed by atoms with Crippen LogP contribution < -0.4 is 5.32 Å². The summed E-state index contributed by atoms with van der Waals surface area (Å²) in [6.07, 6.45) is 2.00. The molecule has 0 saturated heterocycles. The Morgan fingerprint density at radius 3 is 2.88 bits per heavy atom. The molecule has 3 N–H and O–H groups in total. The molecule has 7 heteroatoms. The van der Waals surface area contributed by atoms with E-state index in [9.17, 15) is 15.0 Å². The predicted molar refractivity (Wildman–Crippen MR) is 93.1 cm³/mol. The molecule has 0 aliphatic carbocycles. The van der Waals surface area contributed by atoms with Crippen molar-refractivity contribution in [1.82, 2.24) is 10.3 Å². The van der Waals surface area contributed by atoms with Crippen molar-refractivity contribution < 1.29 is 19.4 Å². The summed E-state index contributed by atoms with van der Waals surface area (Å²) in [5, 5.41) is 23.8. The number of nitrogens with zero attached hydrogens (tertiary/aromatic N) is 1. The van der Waals surface area contributed by atoms with Crippen LogP contribution in [0.1, 0.15) is 17.4 Å². The zero-order valence-electron chi connectivity index (χ0n) is 13.2. The summed E-state index contributed by atoms with van der Waals surface area (Å²) < 4.78 is 5.41. The van der Waals surface area contributed by atoms with Gasteiger partial charge in [-0.25, -0.2) is 0 Å². The molecule has 0 bridgehead atoms. The lowest BCUT2D eigenvalue weighted by atomic mass is 10.1. The first-order chi connectivity index (χ1) is 12.1. The molecule has 2 unspecified atom stereocenters. The number of pyridine rings is 1. The third-order valence-corrected chi connectivity index (χ3v) is 4.12. The second kappa shape index (κ2) is 7.65. The molecule has 0 radical (unpaired) electrons. The van der Waals surface area contributed by atoms with Gasteiger partial charge in [0, 0.05) is 22.2 Å². The lowest BCUT2D eigenvalue weighted by molar-refractivity contribution is -0.122. The summed E-state index contributed by atoms with van der Waals surface area (Å²) in [5.41, 5.74) is 1.68. The molecular formula is C18H17ClN2O4. The van der Waals surface area contributed by atoms with E-state index in [2.05, 4.69) is 10.3 Å². The van der Waals surface area contributed by atoms with Gasteiger partial charge in [-0.05, 0) is 30.3 Å². The van der Waals surface area contributed by atoms with Crippen LogP contribution in [0.2, 0.25) is 5.02 Å². The molecule has 0 saturated carbocycles. The van der Waals surface area contributed by atoms with Gasteiger partial charge in [0.2, 0.25) is 5.91 Å². The Bertz CT molecular complexity index is 866. The second-order valence-corrected chi connectivity index (χ2v) is 6.07. The topological polar surface area (TPSA) is 95.6 Å². The quantitative estimate of drug-likeness (QED) is 0.626. The number of hydrogen-bond donors (Lipinski definition) is 3. The molecule has 0 aliphatic heterocycles. The monoisotopic (exact) mass is 360 g/mol. The Kier molecular flexibility index (Phi) is 5.33. The van der Waals surface area contributed by atoms with Gasteiger partial charge in [0.15, 0.2) is 0 Å². The number of aromatic nitrogens is 1. The highest BCUT2D eigenvalue weighted by Gasteiger charge is 2.23. The molecule has 3 rings (SSSR count). The highest BCUT2D eigenvalue weighted by Crippen LogP contribution is 2.25. The van der Waals surface area contributed by atoms with E-state index in [1.54, 1.807) is 36.4 Å². The average molecular weight is 361 g/mol. The minimum atomic E-state index is -1.10. The first-order valence-electron chi connectivity index (χ1n) is 7.73. The van der Waals surface area contributed by atoms with Gasteiger partial charge < -0.3 is 19.9 Å². The number of aliphatic hydroxyl groups excluding tert-OH is 2. The van der Waals surface area contributed by atoms with E-state index >= 15 is 0 Å². The summed E-state index contributed by atoms with van der Waals surface area (Å²) in [6, 6.07) is 9.42. The van der Waals surface area contributed by atoms with Crippen molar-refractivity contribution in [3.05, 3.63) is 65.1 Å². The molecule has 25 heavy (non-hydrogen) atoms. The molecule has 1 amide bonds. The number of fused-ring (bicyclic) bond motifs is 1. The van der Waals surface area contributed by atoms with Gasteiger partial charge in [0.25, 0.3) is 0 Å². The second-order valence-electron chi connectivity index (χ2n) is 5.63. The van der Waals surface area contributed by atoms with Crippen molar-refractivity contribution in [1.29, 1.82) is 0 Å². The van der Waals surface area contributed by atoms with Gasteiger partial charge >= 0.3 is 0 Å². The molecule has 1 aromatic carbocycles. The number of hydrogen-bond acceptors (Lipinski definition) is 5. The van der Waals surface area contributed by atoms with E-state index < -0.39 is 18.8 Å². The van der Waals surface area contributed by atoms with E-state index in [1.807, 2.05) is 0 Å². The van der Waals surface area contributed by atoms with Crippen molar-refractivity contribution in [2.24, 2.45) is 0 Å². The van der Waals surface area contributed by atoms with Crippen molar-refractivity contribution in [3.8, 4) is 0 Å². The minimum absolute atomic E-state index is 0.0556. The maximum atomic E-state index is 12.3. The Morgan fingerprint density at radius 1 is 1.32 bits per heavy atom. The van der Waals surface area contributed by atoms with Gasteiger partial charge in [-0.3, -0.25) is 9.78 Å². The molecule has 2 atom stereocenters. The Morgan fingerprint density at radius 2 is 2.16 bits per heavy atom. The smallest absolute Gasteiger partial charge is 0.224 e. The van der Waals surface area contributed by atoms with Gasteiger partial charge in [-0.15, -0.1) is 0 Å². The lowest BCUT2D eigenvalue weighted by Gasteiger charge is -2.21. The molecule has 130 valence electrons.